The molecule has 8 heteroatoms. The van der Waals surface area contributed by atoms with Gasteiger partial charge in [-0.1, -0.05) is 23.9 Å². The molecule has 0 saturated heterocycles. The van der Waals surface area contributed by atoms with Gasteiger partial charge in [-0.25, -0.2) is 15.0 Å². The monoisotopic (exact) mass is 433 g/mol. The highest BCUT2D eigenvalue weighted by Gasteiger charge is 2.21. The summed E-state index contributed by atoms with van der Waals surface area (Å²) in [6, 6.07) is 9.66. The van der Waals surface area contributed by atoms with Crippen LogP contribution in [-0.2, 0) is 12.8 Å². The van der Waals surface area contributed by atoms with E-state index in [2.05, 4.69) is 26.0 Å². The molecule has 0 fully saturated rings. The summed E-state index contributed by atoms with van der Waals surface area (Å²) in [6.07, 6.45) is 4.57. The average molecular weight is 434 g/mol. The first-order valence-electron chi connectivity index (χ1n) is 9.83. The van der Waals surface area contributed by atoms with Crippen LogP contribution in [0.4, 0.5) is 0 Å². The molecule has 150 valence electrons. The highest BCUT2D eigenvalue weighted by atomic mass is 32.2. The number of rotatable bonds is 4. The number of H-pyrrole nitrogens is 1. The first-order valence-corrected chi connectivity index (χ1v) is 11.6. The smallest absolute Gasteiger partial charge is 0.152 e. The van der Waals surface area contributed by atoms with E-state index in [0.29, 0.717) is 5.82 Å². The molecule has 6 nitrogen and oxygen atoms in total. The fourth-order valence-corrected chi connectivity index (χ4v) is 6.21. The maximum absolute atomic E-state index is 10.7. The molecule has 0 bridgehead atoms. The number of nitrogens with one attached hydrogen (secondary N) is 1. The van der Waals surface area contributed by atoms with Crippen molar-refractivity contribution in [3.8, 4) is 6.07 Å². The van der Waals surface area contributed by atoms with Crippen LogP contribution in [0, 0.1) is 18.3 Å². The number of hydrogen-bond donors (Lipinski definition) is 2. The number of allylic oxidation sites excluding steroid dienone is 1. The molecule has 2 N–H and O–H groups in total. The Labute approximate surface area is 181 Å². The lowest BCUT2D eigenvalue weighted by Gasteiger charge is -2.11. The molecule has 1 aliphatic carbocycles. The zero-order valence-electron chi connectivity index (χ0n) is 16.4. The molecule has 0 atom stereocenters. The van der Waals surface area contributed by atoms with E-state index in [1.54, 1.807) is 11.3 Å². The fourth-order valence-electron chi connectivity index (χ4n) is 3.86. The highest BCUT2D eigenvalue weighted by Crippen LogP contribution is 2.40. The van der Waals surface area contributed by atoms with Crippen molar-refractivity contribution in [3.63, 3.8) is 0 Å². The van der Waals surface area contributed by atoms with Gasteiger partial charge in [-0.05, 0) is 50.3 Å². The van der Waals surface area contributed by atoms with Crippen LogP contribution in [0.5, 0.6) is 0 Å². The molecule has 4 aromatic rings. The molecular formula is C22H19N5OS2. The van der Waals surface area contributed by atoms with Crippen molar-refractivity contribution in [1.29, 1.82) is 5.26 Å². The van der Waals surface area contributed by atoms with E-state index >= 15 is 0 Å². The van der Waals surface area contributed by atoms with Crippen molar-refractivity contribution >= 4 is 49.9 Å². The minimum atomic E-state index is -0.00457. The normalized spacial score (nSPS) is 14.5. The number of aromatic amines is 1. The maximum Gasteiger partial charge on any atom is 0.152 e. The van der Waals surface area contributed by atoms with Crippen LogP contribution >= 0.6 is 23.1 Å². The number of nitrogens with zero attached hydrogens (tertiary/aromatic N) is 4. The van der Waals surface area contributed by atoms with E-state index in [1.165, 1.54) is 35.0 Å². The SMILES string of the molecule is Cc1nc(SC/C(O)=C(\C#N)c2nc3ccccc3[nH]2)c2c3c(sc2n1)CCCC3. The Morgan fingerprint density at radius 3 is 2.90 bits per heavy atom. The van der Waals surface area contributed by atoms with Crippen molar-refractivity contribution in [3.05, 3.63) is 52.1 Å². The predicted octanol–water partition coefficient (Wildman–Crippen LogP) is 5.34. The number of benzene rings is 1. The summed E-state index contributed by atoms with van der Waals surface area (Å²) < 4.78 is 0. The van der Waals surface area contributed by atoms with Crippen molar-refractivity contribution in [1.82, 2.24) is 19.9 Å². The number of thioether (sulfide) groups is 1. The summed E-state index contributed by atoms with van der Waals surface area (Å²) in [5, 5.41) is 22.4. The van der Waals surface area contributed by atoms with Gasteiger partial charge in [0.15, 0.2) is 5.82 Å². The second-order valence-electron chi connectivity index (χ2n) is 7.29. The van der Waals surface area contributed by atoms with Crippen molar-refractivity contribution in [2.24, 2.45) is 0 Å². The van der Waals surface area contributed by atoms with Gasteiger partial charge in [-0.3, -0.25) is 0 Å². The van der Waals surface area contributed by atoms with Gasteiger partial charge in [0.25, 0.3) is 0 Å². The Hall–Kier alpha value is -2.89. The molecule has 1 aliphatic rings. The van der Waals surface area contributed by atoms with E-state index < -0.39 is 0 Å². The van der Waals surface area contributed by atoms with Gasteiger partial charge in [0.1, 0.15) is 33.1 Å². The lowest BCUT2D eigenvalue weighted by molar-refractivity contribution is 0.420. The molecule has 3 aromatic heterocycles. The van der Waals surface area contributed by atoms with Gasteiger partial charge in [0.2, 0.25) is 0 Å². The molecule has 5 rings (SSSR count). The number of fused-ring (bicyclic) bond motifs is 4. The summed E-state index contributed by atoms with van der Waals surface area (Å²) in [7, 11) is 0. The van der Waals surface area contributed by atoms with Gasteiger partial charge in [0.05, 0.1) is 16.8 Å². The molecule has 1 aromatic carbocycles. The third-order valence-electron chi connectivity index (χ3n) is 5.27. The Morgan fingerprint density at radius 1 is 1.23 bits per heavy atom. The summed E-state index contributed by atoms with van der Waals surface area (Å²) in [5.74, 6) is 1.35. The number of nitriles is 1. The van der Waals surface area contributed by atoms with E-state index in [9.17, 15) is 10.4 Å². The summed E-state index contributed by atoms with van der Waals surface area (Å²) in [4.78, 5) is 19.3. The lowest BCUT2D eigenvalue weighted by atomic mass is 9.97. The standard InChI is InChI=1S/C22H19N5OS2/c1-12-24-21(19-13-6-2-5-9-18(13)30-22(19)25-12)29-11-17(28)14(10-23)20-26-15-7-3-4-8-16(15)27-20/h3-4,7-8,28H,2,5-6,9,11H2,1H3,(H,26,27)/b17-14-. The number of aliphatic hydroxyl groups is 1. The molecule has 30 heavy (non-hydrogen) atoms. The van der Waals surface area contributed by atoms with Gasteiger partial charge < -0.3 is 10.1 Å². The molecule has 0 radical (unpaired) electrons. The topological polar surface area (TPSA) is 98.5 Å². The second-order valence-corrected chi connectivity index (χ2v) is 9.34. The van der Waals surface area contributed by atoms with E-state index in [1.807, 2.05) is 31.2 Å². The van der Waals surface area contributed by atoms with Crippen LogP contribution < -0.4 is 0 Å². The number of thiophene rings is 1. The number of aliphatic hydroxyl groups excluding tert-OH is 1. The molecule has 0 spiro atoms. The third-order valence-corrected chi connectivity index (χ3v) is 7.44. The minimum Gasteiger partial charge on any atom is -0.510 e. The number of imidazole rings is 1. The Bertz CT molecular complexity index is 1310. The van der Waals surface area contributed by atoms with E-state index in [-0.39, 0.29) is 17.1 Å². The Morgan fingerprint density at radius 2 is 2.07 bits per heavy atom. The molecule has 0 aliphatic heterocycles. The average Bonchev–Trinajstić information content (AvgIpc) is 3.33. The number of para-hydroxylation sites is 2. The molecule has 0 saturated carbocycles. The van der Waals surface area contributed by atoms with Gasteiger partial charge in [-0.2, -0.15) is 5.26 Å². The van der Waals surface area contributed by atoms with Crippen molar-refractivity contribution in [2.45, 2.75) is 37.6 Å². The van der Waals surface area contributed by atoms with Crippen LogP contribution in [0.15, 0.2) is 35.1 Å². The Balaban J connectivity index is 1.49. The minimum absolute atomic E-state index is 0.00457. The van der Waals surface area contributed by atoms with Crippen molar-refractivity contribution < 1.29 is 5.11 Å². The number of aromatic nitrogens is 4. The first kappa shape index (κ1) is 19.1. The zero-order chi connectivity index (χ0) is 20.7. The summed E-state index contributed by atoms with van der Waals surface area (Å²) in [5.41, 5.74) is 3.12. The molecule has 0 unspecified atom stereocenters. The van der Waals surface area contributed by atoms with Crippen molar-refractivity contribution in [2.75, 3.05) is 5.75 Å². The van der Waals surface area contributed by atoms with Crippen LogP contribution in [0.1, 0.15) is 34.9 Å². The second kappa shape index (κ2) is 7.74. The zero-order valence-corrected chi connectivity index (χ0v) is 18.0. The van der Waals surface area contributed by atoms with Crippen LogP contribution in [-0.4, -0.2) is 30.8 Å². The summed E-state index contributed by atoms with van der Waals surface area (Å²) >= 11 is 3.22. The number of aryl methyl sites for hydroxylation is 3. The van der Waals surface area contributed by atoms with E-state index in [0.717, 1.165) is 44.9 Å². The number of hydrogen-bond acceptors (Lipinski definition) is 7. The Kier molecular flexibility index (Phi) is 4.93. The quantitative estimate of drug-likeness (QED) is 0.195. The van der Waals surface area contributed by atoms with Gasteiger partial charge >= 0.3 is 0 Å². The highest BCUT2D eigenvalue weighted by molar-refractivity contribution is 7.99. The first-order chi connectivity index (χ1) is 14.6. The molecular weight excluding hydrogens is 414 g/mol. The maximum atomic E-state index is 10.7. The molecule has 3 heterocycles. The van der Waals surface area contributed by atoms with Crippen LogP contribution in [0.3, 0.4) is 0 Å². The largest absolute Gasteiger partial charge is 0.510 e. The lowest BCUT2D eigenvalue weighted by Crippen LogP contribution is -2.00. The summed E-state index contributed by atoms with van der Waals surface area (Å²) in [6.45, 7) is 1.90. The predicted molar refractivity (Wildman–Crippen MR) is 121 cm³/mol. The van der Waals surface area contributed by atoms with Gasteiger partial charge in [-0.15, -0.1) is 11.3 Å². The van der Waals surface area contributed by atoms with E-state index in [4.69, 9.17) is 0 Å². The van der Waals surface area contributed by atoms with Crippen LogP contribution in [0.25, 0.3) is 26.8 Å². The van der Waals surface area contributed by atoms with Crippen LogP contribution in [0.2, 0.25) is 0 Å². The molecule has 0 amide bonds. The fraction of sp³-hybridized carbons (Fsp3) is 0.273. The van der Waals surface area contributed by atoms with Gasteiger partial charge in [0, 0.05) is 10.3 Å². The third kappa shape index (κ3) is 3.34.